The topological polar surface area (TPSA) is 98.7 Å². The van der Waals surface area contributed by atoms with Crippen molar-refractivity contribution in [1.82, 2.24) is 10.1 Å². The highest BCUT2D eigenvalue weighted by Crippen LogP contribution is 2.27. The summed E-state index contributed by atoms with van der Waals surface area (Å²) in [5.74, 6) is -0.000899. The van der Waals surface area contributed by atoms with Crippen LogP contribution < -0.4 is 10.5 Å². The van der Waals surface area contributed by atoms with E-state index in [1.165, 1.54) is 0 Å². The van der Waals surface area contributed by atoms with Gasteiger partial charge in [0.15, 0.2) is 0 Å². The first-order valence-electron chi connectivity index (χ1n) is 8.16. The van der Waals surface area contributed by atoms with Gasteiger partial charge in [-0.05, 0) is 26.0 Å². The molecule has 2 atom stereocenters. The quantitative estimate of drug-likeness (QED) is 0.888. The number of amides is 2. The van der Waals surface area contributed by atoms with Gasteiger partial charge in [-0.3, -0.25) is 9.59 Å². The molecule has 0 bridgehead atoms. The molecule has 1 fully saturated rings. The summed E-state index contributed by atoms with van der Waals surface area (Å²) >= 11 is 0. The Balaban J connectivity index is 1.72. The van der Waals surface area contributed by atoms with E-state index in [1.54, 1.807) is 18.7 Å². The third kappa shape index (κ3) is 3.50. The Morgan fingerprint density at radius 1 is 1.28 bits per heavy atom. The fraction of sp³-hybridized carbons (Fsp3) is 0.389. The lowest BCUT2D eigenvalue weighted by atomic mass is 9.96. The van der Waals surface area contributed by atoms with Crippen molar-refractivity contribution in [2.24, 2.45) is 17.6 Å². The standard InChI is InChI=1S/C18H21N3O4/c1-11-16(12(2)25-20-11)18(23)21-8-13(15(9-21)17(19)22)10-24-14-6-4-3-5-7-14/h3-7,13,15H,8-10H2,1-2H3,(H2,19,22)/t13-,15+/m0/s1. The zero-order chi connectivity index (χ0) is 18.0. The number of likely N-dealkylation sites (tertiary alicyclic amines) is 1. The first kappa shape index (κ1) is 17.0. The molecule has 1 aromatic carbocycles. The maximum absolute atomic E-state index is 12.8. The highest BCUT2D eigenvalue weighted by Gasteiger charge is 2.40. The van der Waals surface area contributed by atoms with E-state index in [0.29, 0.717) is 30.2 Å². The van der Waals surface area contributed by atoms with Gasteiger partial charge in [-0.25, -0.2) is 0 Å². The SMILES string of the molecule is Cc1noc(C)c1C(=O)N1C[C@@H](COc2ccccc2)[C@H](C(N)=O)C1. The molecule has 2 amide bonds. The summed E-state index contributed by atoms with van der Waals surface area (Å²) in [5.41, 5.74) is 6.53. The Morgan fingerprint density at radius 3 is 2.60 bits per heavy atom. The van der Waals surface area contributed by atoms with Gasteiger partial charge < -0.3 is 19.9 Å². The maximum Gasteiger partial charge on any atom is 0.259 e. The van der Waals surface area contributed by atoms with Crippen LogP contribution in [0.3, 0.4) is 0 Å². The largest absolute Gasteiger partial charge is 0.493 e. The van der Waals surface area contributed by atoms with Gasteiger partial charge >= 0.3 is 0 Å². The maximum atomic E-state index is 12.8. The molecule has 7 heteroatoms. The van der Waals surface area contributed by atoms with Crippen LogP contribution in [0.1, 0.15) is 21.8 Å². The van der Waals surface area contributed by atoms with Gasteiger partial charge in [-0.1, -0.05) is 23.4 Å². The van der Waals surface area contributed by atoms with Crippen molar-refractivity contribution in [3.63, 3.8) is 0 Å². The lowest BCUT2D eigenvalue weighted by Crippen LogP contribution is -2.33. The second-order valence-corrected chi connectivity index (χ2v) is 6.30. The summed E-state index contributed by atoms with van der Waals surface area (Å²) in [7, 11) is 0. The van der Waals surface area contributed by atoms with Crippen molar-refractivity contribution < 1.29 is 18.8 Å². The van der Waals surface area contributed by atoms with Crippen LogP contribution in [0.4, 0.5) is 0 Å². The zero-order valence-electron chi connectivity index (χ0n) is 14.3. The van der Waals surface area contributed by atoms with Crippen LogP contribution in [0.25, 0.3) is 0 Å². The van der Waals surface area contributed by atoms with Crippen molar-refractivity contribution in [2.45, 2.75) is 13.8 Å². The van der Waals surface area contributed by atoms with E-state index >= 15 is 0 Å². The third-order valence-electron chi connectivity index (χ3n) is 4.55. The Morgan fingerprint density at radius 2 is 2.00 bits per heavy atom. The minimum Gasteiger partial charge on any atom is -0.493 e. The number of nitrogens with zero attached hydrogens (tertiary/aromatic N) is 2. The molecule has 132 valence electrons. The fourth-order valence-corrected chi connectivity index (χ4v) is 3.19. The van der Waals surface area contributed by atoms with Gasteiger partial charge in [0.2, 0.25) is 5.91 Å². The normalized spacial score (nSPS) is 19.8. The molecular weight excluding hydrogens is 322 g/mol. The van der Waals surface area contributed by atoms with Gasteiger partial charge in [0.1, 0.15) is 17.1 Å². The molecule has 7 nitrogen and oxygen atoms in total. The molecule has 0 aliphatic carbocycles. The minimum absolute atomic E-state index is 0.151. The molecule has 1 aromatic heterocycles. The first-order chi connectivity index (χ1) is 12.0. The molecule has 2 heterocycles. The number of nitrogens with two attached hydrogens (primary N) is 1. The van der Waals surface area contributed by atoms with Crippen LogP contribution in [-0.2, 0) is 4.79 Å². The molecule has 1 aliphatic heterocycles. The Kier molecular flexibility index (Phi) is 4.74. The number of aromatic nitrogens is 1. The van der Waals surface area contributed by atoms with Crippen molar-refractivity contribution in [2.75, 3.05) is 19.7 Å². The van der Waals surface area contributed by atoms with Gasteiger partial charge in [-0.15, -0.1) is 0 Å². The van der Waals surface area contributed by atoms with Gasteiger partial charge in [0.25, 0.3) is 5.91 Å². The molecule has 0 unspecified atom stereocenters. The number of hydrogen-bond donors (Lipinski definition) is 1. The molecule has 3 rings (SSSR count). The number of carbonyl (C=O) groups excluding carboxylic acids is 2. The van der Waals surface area contributed by atoms with Crippen LogP contribution in [0.5, 0.6) is 5.75 Å². The number of carbonyl (C=O) groups is 2. The van der Waals surface area contributed by atoms with E-state index in [9.17, 15) is 9.59 Å². The van der Waals surface area contributed by atoms with Crippen LogP contribution in [0.2, 0.25) is 0 Å². The highest BCUT2D eigenvalue weighted by atomic mass is 16.5. The monoisotopic (exact) mass is 343 g/mol. The Bertz CT molecular complexity index is 752. The van der Waals surface area contributed by atoms with Crippen molar-refractivity contribution >= 4 is 11.8 Å². The van der Waals surface area contributed by atoms with E-state index in [1.807, 2.05) is 30.3 Å². The van der Waals surface area contributed by atoms with Crippen LogP contribution in [-0.4, -0.2) is 41.6 Å². The molecule has 0 radical (unpaired) electrons. The van der Waals surface area contributed by atoms with Gasteiger partial charge in [0.05, 0.1) is 18.2 Å². The average molecular weight is 343 g/mol. The fourth-order valence-electron chi connectivity index (χ4n) is 3.19. The summed E-state index contributed by atoms with van der Waals surface area (Å²) in [5, 5.41) is 3.82. The number of benzene rings is 1. The van der Waals surface area contributed by atoms with E-state index in [0.717, 1.165) is 5.75 Å². The van der Waals surface area contributed by atoms with E-state index in [2.05, 4.69) is 5.16 Å². The molecule has 0 spiro atoms. The van der Waals surface area contributed by atoms with Crippen molar-refractivity contribution in [3.8, 4) is 5.75 Å². The summed E-state index contributed by atoms with van der Waals surface area (Å²) in [6, 6.07) is 9.35. The Hall–Kier alpha value is -2.83. The van der Waals surface area contributed by atoms with Crippen LogP contribution >= 0.6 is 0 Å². The predicted molar refractivity (Wildman–Crippen MR) is 90.0 cm³/mol. The smallest absolute Gasteiger partial charge is 0.259 e. The number of para-hydroxylation sites is 1. The molecule has 1 aliphatic rings. The molecule has 0 saturated carbocycles. The second-order valence-electron chi connectivity index (χ2n) is 6.30. The predicted octanol–water partition coefficient (Wildman–Crippen LogP) is 1.54. The summed E-state index contributed by atoms with van der Waals surface area (Å²) in [6.07, 6.45) is 0. The molecule has 1 saturated heterocycles. The second kappa shape index (κ2) is 6.96. The summed E-state index contributed by atoms with van der Waals surface area (Å²) < 4.78 is 10.8. The number of ether oxygens (including phenoxy) is 1. The van der Waals surface area contributed by atoms with Crippen LogP contribution in [0.15, 0.2) is 34.9 Å². The third-order valence-corrected chi connectivity index (χ3v) is 4.55. The molecule has 2 N–H and O–H groups in total. The van der Waals surface area contributed by atoms with E-state index < -0.39 is 11.8 Å². The van der Waals surface area contributed by atoms with Crippen LogP contribution in [0, 0.1) is 25.7 Å². The number of hydrogen-bond acceptors (Lipinski definition) is 5. The van der Waals surface area contributed by atoms with Gasteiger partial charge in [0, 0.05) is 19.0 Å². The van der Waals surface area contributed by atoms with Crippen molar-refractivity contribution in [3.05, 3.63) is 47.3 Å². The number of primary amides is 1. The first-order valence-corrected chi connectivity index (χ1v) is 8.16. The summed E-state index contributed by atoms with van der Waals surface area (Å²) in [4.78, 5) is 26.2. The summed E-state index contributed by atoms with van der Waals surface area (Å²) in [6.45, 7) is 4.43. The Labute approximate surface area is 145 Å². The number of aryl methyl sites for hydroxylation is 2. The van der Waals surface area contributed by atoms with Crippen molar-refractivity contribution in [1.29, 1.82) is 0 Å². The lowest BCUT2D eigenvalue weighted by molar-refractivity contribution is -0.122. The van der Waals surface area contributed by atoms with E-state index in [-0.39, 0.29) is 18.4 Å². The molecule has 2 aromatic rings. The lowest BCUT2D eigenvalue weighted by Gasteiger charge is -2.16. The van der Waals surface area contributed by atoms with Gasteiger partial charge in [-0.2, -0.15) is 0 Å². The number of rotatable bonds is 5. The average Bonchev–Trinajstić information content (AvgIpc) is 3.17. The minimum atomic E-state index is -0.437. The zero-order valence-corrected chi connectivity index (χ0v) is 14.3. The highest BCUT2D eigenvalue weighted by molar-refractivity contribution is 5.96. The van der Waals surface area contributed by atoms with E-state index in [4.69, 9.17) is 15.0 Å². The molecule has 25 heavy (non-hydrogen) atoms. The molecular formula is C18H21N3O4.